The topological polar surface area (TPSA) is 105 Å². The van der Waals surface area contributed by atoms with Gasteiger partial charge in [-0.25, -0.2) is 0 Å². The molecule has 1 N–H and O–H groups in total. The molecular formula is C28H36F3N5O4. The van der Waals surface area contributed by atoms with E-state index in [-0.39, 0.29) is 29.9 Å². The van der Waals surface area contributed by atoms with Gasteiger partial charge in [-0.2, -0.15) is 13.2 Å². The Bertz CT molecular complexity index is 1160. The number of unbranched alkanes of at least 4 members (excludes halogenated alkanes) is 1. The molecule has 12 heteroatoms. The molecule has 2 aromatic rings. The van der Waals surface area contributed by atoms with E-state index >= 15 is 0 Å². The van der Waals surface area contributed by atoms with E-state index in [0.29, 0.717) is 63.4 Å². The van der Waals surface area contributed by atoms with Crippen molar-refractivity contribution in [3.63, 3.8) is 0 Å². The van der Waals surface area contributed by atoms with Gasteiger partial charge in [0.2, 0.25) is 0 Å². The average molecular weight is 564 g/mol. The molecule has 0 bridgehead atoms. The van der Waals surface area contributed by atoms with Crippen LogP contribution in [0.2, 0.25) is 0 Å². The molecule has 0 unspecified atom stereocenters. The fraction of sp³-hybridized carbons (Fsp3) is 0.536. The van der Waals surface area contributed by atoms with E-state index in [1.165, 1.54) is 6.92 Å². The number of nitrogens with zero attached hydrogens (tertiary/aromatic N) is 4. The molecule has 0 radical (unpaired) electrons. The average Bonchev–Trinajstić information content (AvgIpc) is 2.90. The molecule has 3 rings (SSSR count). The summed E-state index contributed by atoms with van der Waals surface area (Å²) in [6.07, 6.45) is -3.75. The van der Waals surface area contributed by atoms with Crippen molar-refractivity contribution in [1.29, 1.82) is 0 Å². The highest BCUT2D eigenvalue weighted by molar-refractivity contribution is 5.96. The second-order valence-electron chi connectivity index (χ2n) is 10.4. The molecular weight excluding hydrogens is 527 g/mol. The maximum absolute atomic E-state index is 13.2. The van der Waals surface area contributed by atoms with Crippen molar-refractivity contribution in [3.05, 3.63) is 53.2 Å². The Labute approximate surface area is 232 Å². The molecule has 1 fully saturated rings. The predicted octanol–water partition coefficient (Wildman–Crippen LogP) is 4.18. The third-order valence-electron chi connectivity index (χ3n) is 6.61. The van der Waals surface area contributed by atoms with Gasteiger partial charge in [0.25, 0.3) is 11.8 Å². The number of esters is 1. The van der Waals surface area contributed by atoms with Crippen LogP contribution in [-0.2, 0) is 16.0 Å². The normalized spacial score (nSPS) is 14.2. The monoisotopic (exact) mass is 563 g/mol. The van der Waals surface area contributed by atoms with Crippen LogP contribution < -0.4 is 10.2 Å². The van der Waals surface area contributed by atoms with Crippen LogP contribution in [0.4, 0.5) is 19.0 Å². The number of rotatable bonds is 11. The van der Waals surface area contributed by atoms with Crippen molar-refractivity contribution in [2.45, 2.75) is 64.7 Å². The Balaban J connectivity index is 1.49. The number of aromatic nitrogens is 2. The number of carbonyl (C=O) groups is 3. The van der Waals surface area contributed by atoms with E-state index in [4.69, 9.17) is 4.74 Å². The van der Waals surface area contributed by atoms with Gasteiger partial charge in [-0.3, -0.25) is 14.4 Å². The lowest BCUT2D eigenvalue weighted by molar-refractivity contribution is -0.154. The number of hydrogen-bond donors (Lipinski definition) is 1. The predicted molar refractivity (Wildman–Crippen MR) is 143 cm³/mol. The SMILES string of the molecule is CC(=O)OC(C)(C)CCNC(=O)c1ccc(N2CCN(C(=O)c3ccccc3CCCCC(F)(F)F)CC2)nn1. The van der Waals surface area contributed by atoms with Crippen LogP contribution in [0.15, 0.2) is 36.4 Å². The Hall–Kier alpha value is -3.70. The largest absolute Gasteiger partial charge is 0.460 e. The third kappa shape index (κ3) is 9.49. The summed E-state index contributed by atoms with van der Waals surface area (Å²) in [7, 11) is 0. The van der Waals surface area contributed by atoms with Gasteiger partial charge in [0.1, 0.15) is 5.60 Å². The maximum atomic E-state index is 13.2. The van der Waals surface area contributed by atoms with Crippen LogP contribution in [0.5, 0.6) is 0 Å². The van der Waals surface area contributed by atoms with Gasteiger partial charge in [0.15, 0.2) is 11.5 Å². The Morgan fingerprint density at radius 1 is 0.950 bits per heavy atom. The first-order chi connectivity index (χ1) is 18.8. The molecule has 1 aromatic carbocycles. The standard InChI is InChI=1S/C28H36F3N5O4/c1-20(37)40-27(2,3)14-15-32-25(38)23-11-12-24(34-33-23)35-16-18-36(19-17-35)26(39)22-10-5-4-8-21(22)9-6-7-13-28(29,30)31/h4-5,8,10-12H,6-7,9,13-19H2,1-3H3,(H,32,38). The zero-order chi connectivity index (χ0) is 29.3. The molecule has 2 amide bonds. The Morgan fingerprint density at radius 2 is 1.65 bits per heavy atom. The van der Waals surface area contributed by atoms with Crippen LogP contribution in [0.1, 0.15) is 72.9 Å². The highest BCUT2D eigenvalue weighted by atomic mass is 19.4. The lowest BCUT2D eigenvalue weighted by Crippen LogP contribution is -2.49. The molecule has 1 aliphatic rings. The molecule has 1 aromatic heterocycles. The molecule has 0 atom stereocenters. The summed E-state index contributed by atoms with van der Waals surface area (Å²) in [5.41, 5.74) is 0.743. The van der Waals surface area contributed by atoms with Gasteiger partial charge in [0.05, 0.1) is 0 Å². The minimum absolute atomic E-state index is 0.0282. The highest BCUT2D eigenvalue weighted by Gasteiger charge is 2.27. The number of hydrogen-bond acceptors (Lipinski definition) is 7. The van der Waals surface area contributed by atoms with Crippen molar-refractivity contribution >= 4 is 23.6 Å². The number of amides is 2. The number of benzene rings is 1. The minimum Gasteiger partial charge on any atom is -0.460 e. The number of piperazine rings is 1. The van der Waals surface area contributed by atoms with E-state index in [1.807, 2.05) is 4.90 Å². The van der Waals surface area contributed by atoms with Crippen LogP contribution in [-0.4, -0.2) is 77.4 Å². The lowest BCUT2D eigenvalue weighted by atomic mass is 10.00. The van der Waals surface area contributed by atoms with Crippen LogP contribution in [0.3, 0.4) is 0 Å². The van der Waals surface area contributed by atoms with E-state index < -0.39 is 18.2 Å². The summed E-state index contributed by atoms with van der Waals surface area (Å²) >= 11 is 0. The summed E-state index contributed by atoms with van der Waals surface area (Å²) < 4.78 is 42.6. The molecule has 2 heterocycles. The van der Waals surface area contributed by atoms with Crippen LogP contribution >= 0.6 is 0 Å². The highest BCUT2D eigenvalue weighted by Crippen LogP contribution is 2.24. The first-order valence-electron chi connectivity index (χ1n) is 13.3. The molecule has 0 saturated carbocycles. The summed E-state index contributed by atoms with van der Waals surface area (Å²) in [4.78, 5) is 40.5. The molecule has 1 aliphatic heterocycles. The molecule has 218 valence electrons. The Kier molecular flexibility index (Phi) is 10.5. The van der Waals surface area contributed by atoms with Gasteiger partial charge < -0.3 is 19.9 Å². The van der Waals surface area contributed by atoms with Gasteiger partial charge in [0, 0.05) is 58.1 Å². The Morgan fingerprint density at radius 3 is 2.27 bits per heavy atom. The van der Waals surface area contributed by atoms with Gasteiger partial charge in [-0.05, 0) is 56.9 Å². The number of aryl methyl sites for hydroxylation is 1. The molecule has 1 saturated heterocycles. The van der Waals surface area contributed by atoms with Gasteiger partial charge in [-0.1, -0.05) is 18.2 Å². The van der Waals surface area contributed by atoms with E-state index in [9.17, 15) is 27.6 Å². The zero-order valence-corrected chi connectivity index (χ0v) is 23.1. The van der Waals surface area contributed by atoms with Gasteiger partial charge >= 0.3 is 12.1 Å². The number of halogens is 3. The lowest BCUT2D eigenvalue weighted by Gasteiger charge is -2.35. The minimum atomic E-state index is -4.17. The number of alkyl halides is 3. The first kappa shape index (κ1) is 30.8. The van der Waals surface area contributed by atoms with Crippen molar-refractivity contribution in [3.8, 4) is 0 Å². The van der Waals surface area contributed by atoms with Crippen molar-refractivity contribution in [2.75, 3.05) is 37.6 Å². The van der Waals surface area contributed by atoms with Crippen molar-refractivity contribution in [2.24, 2.45) is 0 Å². The molecule has 0 aliphatic carbocycles. The summed E-state index contributed by atoms with van der Waals surface area (Å²) in [6, 6.07) is 10.4. The molecule has 0 spiro atoms. The quantitative estimate of drug-likeness (QED) is 0.323. The number of anilines is 1. The fourth-order valence-electron chi connectivity index (χ4n) is 4.52. The summed E-state index contributed by atoms with van der Waals surface area (Å²) in [5.74, 6) is -0.318. The first-order valence-corrected chi connectivity index (χ1v) is 13.3. The fourth-order valence-corrected chi connectivity index (χ4v) is 4.52. The third-order valence-corrected chi connectivity index (χ3v) is 6.61. The van der Waals surface area contributed by atoms with E-state index in [1.54, 1.807) is 55.1 Å². The number of carbonyl (C=O) groups excluding carboxylic acids is 3. The molecule has 9 nitrogen and oxygen atoms in total. The van der Waals surface area contributed by atoms with E-state index in [0.717, 1.165) is 5.56 Å². The second-order valence-corrected chi connectivity index (χ2v) is 10.4. The van der Waals surface area contributed by atoms with E-state index in [2.05, 4.69) is 15.5 Å². The smallest absolute Gasteiger partial charge is 0.389 e. The van der Waals surface area contributed by atoms with Crippen molar-refractivity contribution < 1.29 is 32.3 Å². The second kappa shape index (κ2) is 13.6. The number of ether oxygens (including phenoxy) is 1. The van der Waals surface area contributed by atoms with Gasteiger partial charge in [-0.15, -0.1) is 10.2 Å². The van der Waals surface area contributed by atoms with Crippen LogP contribution in [0, 0.1) is 0 Å². The number of nitrogens with one attached hydrogen (secondary N) is 1. The molecule has 40 heavy (non-hydrogen) atoms. The van der Waals surface area contributed by atoms with Crippen LogP contribution in [0.25, 0.3) is 0 Å². The summed E-state index contributed by atoms with van der Waals surface area (Å²) in [6.45, 7) is 7.11. The maximum Gasteiger partial charge on any atom is 0.389 e. The zero-order valence-electron chi connectivity index (χ0n) is 23.1. The van der Waals surface area contributed by atoms with Crippen molar-refractivity contribution in [1.82, 2.24) is 20.4 Å². The summed E-state index contributed by atoms with van der Waals surface area (Å²) in [5, 5.41) is 11.0.